The van der Waals surface area contributed by atoms with Crippen molar-refractivity contribution in [1.29, 1.82) is 0 Å². The van der Waals surface area contributed by atoms with Gasteiger partial charge < -0.3 is 9.42 Å². The van der Waals surface area contributed by atoms with E-state index in [1.54, 1.807) is 37.1 Å². The lowest BCUT2D eigenvalue weighted by molar-refractivity contribution is 0.0784. The van der Waals surface area contributed by atoms with Gasteiger partial charge in [0.05, 0.1) is 12.2 Å². The van der Waals surface area contributed by atoms with Gasteiger partial charge in [0.2, 0.25) is 0 Å². The molecule has 0 N–H and O–H groups in total. The number of aryl methyl sites for hydroxylation is 3. The average molecular weight is 264 g/mol. The summed E-state index contributed by atoms with van der Waals surface area (Å²) in [6, 6.07) is 2.06. The van der Waals surface area contributed by atoms with Crippen molar-refractivity contribution in [3.63, 3.8) is 0 Å². The highest BCUT2D eigenvalue weighted by atomic mass is 32.1. The fraction of sp³-hybridized carbons (Fsp3) is 0.385. The number of thiophene rings is 1. The lowest BCUT2D eigenvalue weighted by Crippen LogP contribution is -2.26. The van der Waals surface area contributed by atoms with Gasteiger partial charge in [0.1, 0.15) is 11.3 Å². The maximum absolute atomic E-state index is 12.3. The number of rotatable bonds is 3. The number of hydrogen-bond acceptors (Lipinski definition) is 4. The van der Waals surface area contributed by atoms with E-state index in [1.165, 1.54) is 10.4 Å². The molecule has 2 aromatic rings. The minimum absolute atomic E-state index is 0.0425. The number of aromatic nitrogens is 1. The monoisotopic (exact) mass is 264 g/mol. The van der Waals surface area contributed by atoms with Gasteiger partial charge in [-0.1, -0.05) is 5.16 Å². The SMILES string of the molecule is Cc1ccsc1CN(C)C(=O)c1c(C)noc1C. The molecule has 0 aliphatic carbocycles. The van der Waals surface area contributed by atoms with Crippen molar-refractivity contribution >= 4 is 17.2 Å². The van der Waals surface area contributed by atoms with Crippen LogP contribution in [0.2, 0.25) is 0 Å². The number of carbonyl (C=O) groups is 1. The second kappa shape index (κ2) is 4.94. The van der Waals surface area contributed by atoms with E-state index in [9.17, 15) is 4.79 Å². The highest BCUT2D eigenvalue weighted by Gasteiger charge is 2.21. The summed E-state index contributed by atoms with van der Waals surface area (Å²) in [6.07, 6.45) is 0. The van der Waals surface area contributed by atoms with Crippen molar-refractivity contribution < 1.29 is 9.32 Å². The summed E-state index contributed by atoms with van der Waals surface area (Å²) in [5.74, 6) is 0.534. The summed E-state index contributed by atoms with van der Waals surface area (Å²) in [5, 5.41) is 5.85. The van der Waals surface area contributed by atoms with Gasteiger partial charge in [-0.15, -0.1) is 11.3 Å². The summed E-state index contributed by atoms with van der Waals surface area (Å²) in [6.45, 7) is 6.22. The zero-order valence-corrected chi connectivity index (χ0v) is 11.8. The van der Waals surface area contributed by atoms with E-state index in [2.05, 4.69) is 18.1 Å². The third-order valence-corrected chi connectivity index (χ3v) is 3.95. The van der Waals surface area contributed by atoms with E-state index >= 15 is 0 Å². The van der Waals surface area contributed by atoms with Crippen LogP contribution in [0, 0.1) is 20.8 Å². The van der Waals surface area contributed by atoms with Crippen LogP contribution in [0.25, 0.3) is 0 Å². The van der Waals surface area contributed by atoms with Crippen LogP contribution in [-0.4, -0.2) is 23.0 Å². The predicted molar refractivity (Wildman–Crippen MR) is 70.8 cm³/mol. The van der Waals surface area contributed by atoms with Gasteiger partial charge in [-0.05, 0) is 37.8 Å². The Labute approximate surface area is 110 Å². The van der Waals surface area contributed by atoms with Gasteiger partial charge in [-0.3, -0.25) is 4.79 Å². The fourth-order valence-electron chi connectivity index (χ4n) is 1.83. The minimum Gasteiger partial charge on any atom is -0.361 e. The zero-order valence-electron chi connectivity index (χ0n) is 11.0. The number of nitrogens with zero attached hydrogens (tertiary/aromatic N) is 2. The van der Waals surface area contributed by atoms with Crippen LogP contribution in [0.3, 0.4) is 0 Å². The van der Waals surface area contributed by atoms with E-state index in [1.807, 2.05) is 5.38 Å². The van der Waals surface area contributed by atoms with Crippen LogP contribution < -0.4 is 0 Å². The van der Waals surface area contributed by atoms with E-state index in [-0.39, 0.29) is 5.91 Å². The van der Waals surface area contributed by atoms with Crippen LogP contribution in [0.1, 0.15) is 32.3 Å². The van der Waals surface area contributed by atoms with Crippen LogP contribution >= 0.6 is 11.3 Å². The van der Waals surface area contributed by atoms with Crippen molar-refractivity contribution in [1.82, 2.24) is 10.1 Å². The predicted octanol–water partition coefficient (Wildman–Crippen LogP) is 2.93. The normalized spacial score (nSPS) is 10.7. The molecule has 0 aliphatic rings. The van der Waals surface area contributed by atoms with Crippen LogP contribution in [-0.2, 0) is 6.54 Å². The van der Waals surface area contributed by atoms with Crippen LogP contribution in [0.4, 0.5) is 0 Å². The first-order valence-electron chi connectivity index (χ1n) is 5.72. The Bertz CT molecular complexity index is 552. The average Bonchev–Trinajstić information content (AvgIpc) is 2.86. The molecule has 2 heterocycles. The molecule has 1 amide bonds. The molecule has 0 unspecified atom stereocenters. The van der Waals surface area contributed by atoms with Gasteiger partial charge >= 0.3 is 0 Å². The van der Waals surface area contributed by atoms with Gasteiger partial charge in [0, 0.05) is 11.9 Å². The molecular formula is C13H16N2O2S. The molecule has 0 bridgehead atoms. The molecule has 0 spiro atoms. The van der Waals surface area contributed by atoms with E-state index in [0.29, 0.717) is 23.6 Å². The molecule has 0 atom stereocenters. The standard InChI is InChI=1S/C13H16N2O2S/c1-8-5-6-18-11(8)7-15(4)13(16)12-9(2)14-17-10(12)3/h5-6H,7H2,1-4H3. The first-order chi connectivity index (χ1) is 8.50. The van der Waals surface area contributed by atoms with Gasteiger partial charge in [-0.2, -0.15) is 0 Å². The van der Waals surface area contributed by atoms with E-state index in [0.717, 1.165) is 0 Å². The number of carbonyl (C=O) groups excluding carboxylic acids is 1. The highest BCUT2D eigenvalue weighted by Crippen LogP contribution is 2.20. The Morgan fingerprint density at radius 1 is 1.44 bits per heavy atom. The topological polar surface area (TPSA) is 46.3 Å². The Morgan fingerprint density at radius 3 is 2.67 bits per heavy atom. The molecule has 5 heteroatoms. The summed E-state index contributed by atoms with van der Waals surface area (Å²) in [5.41, 5.74) is 2.44. The second-order valence-corrected chi connectivity index (χ2v) is 5.39. The summed E-state index contributed by atoms with van der Waals surface area (Å²) in [7, 11) is 1.80. The molecule has 0 aliphatic heterocycles. The number of amides is 1. The van der Waals surface area contributed by atoms with Gasteiger partial charge in [0.25, 0.3) is 5.91 Å². The molecule has 4 nitrogen and oxygen atoms in total. The van der Waals surface area contributed by atoms with Gasteiger partial charge in [-0.25, -0.2) is 0 Å². The highest BCUT2D eigenvalue weighted by molar-refractivity contribution is 7.10. The maximum atomic E-state index is 12.3. The number of hydrogen-bond donors (Lipinski definition) is 0. The molecule has 0 fully saturated rings. The summed E-state index contributed by atoms with van der Waals surface area (Å²) < 4.78 is 5.03. The van der Waals surface area contributed by atoms with Crippen molar-refractivity contribution in [2.75, 3.05) is 7.05 Å². The third-order valence-electron chi connectivity index (χ3n) is 2.94. The van der Waals surface area contributed by atoms with Crippen LogP contribution in [0.5, 0.6) is 0 Å². The zero-order chi connectivity index (χ0) is 13.3. The van der Waals surface area contributed by atoms with Crippen molar-refractivity contribution in [3.8, 4) is 0 Å². The second-order valence-electron chi connectivity index (χ2n) is 4.39. The largest absolute Gasteiger partial charge is 0.361 e. The Balaban J connectivity index is 2.17. The molecule has 96 valence electrons. The molecule has 0 radical (unpaired) electrons. The molecule has 0 aromatic carbocycles. The Morgan fingerprint density at radius 2 is 2.17 bits per heavy atom. The van der Waals surface area contributed by atoms with Gasteiger partial charge in [0.15, 0.2) is 0 Å². The van der Waals surface area contributed by atoms with Crippen LogP contribution in [0.15, 0.2) is 16.0 Å². The van der Waals surface area contributed by atoms with Crippen molar-refractivity contribution in [2.24, 2.45) is 0 Å². The lowest BCUT2D eigenvalue weighted by atomic mass is 10.2. The minimum atomic E-state index is -0.0425. The molecular weight excluding hydrogens is 248 g/mol. The summed E-state index contributed by atoms with van der Waals surface area (Å²) >= 11 is 1.67. The quantitative estimate of drug-likeness (QED) is 0.856. The molecule has 0 saturated heterocycles. The first-order valence-corrected chi connectivity index (χ1v) is 6.60. The van der Waals surface area contributed by atoms with Crippen molar-refractivity contribution in [3.05, 3.63) is 38.9 Å². The Kier molecular flexibility index (Phi) is 3.52. The fourth-order valence-corrected chi connectivity index (χ4v) is 2.79. The maximum Gasteiger partial charge on any atom is 0.259 e. The summed E-state index contributed by atoms with van der Waals surface area (Å²) in [4.78, 5) is 15.2. The first kappa shape index (κ1) is 12.8. The smallest absolute Gasteiger partial charge is 0.259 e. The third kappa shape index (κ3) is 2.31. The molecule has 2 rings (SSSR count). The van der Waals surface area contributed by atoms with E-state index < -0.39 is 0 Å². The Hall–Kier alpha value is -1.62. The van der Waals surface area contributed by atoms with E-state index in [4.69, 9.17) is 4.52 Å². The molecule has 2 aromatic heterocycles. The molecule has 0 saturated carbocycles. The van der Waals surface area contributed by atoms with Crippen molar-refractivity contribution in [2.45, 2.75) is 27.3 Å². The lowest BCUT2D eigenvalue weighted by Gasteiger charge is -2.16. The molecule has 18 heavy (non-hydrogen) atoms.